The van der Waals surface area contributed by atoms with Gasteiger partial charge in [0.25, 0.3) is 5.91 Å². The first-order valence-corrected chi connectivity index (χ1v) is 8.99. The lowest BCUT2D eigenvalue weighted by atomic mass is 9.83. The molecule has 1 unspecified atom stereocenters. The molecule has 2 aromatic rings. The summed E-state index contributed by atoms with van der Waals surface area (Å²) in [4.78, 5) is 26.7. The van der Waals surface area contributed by atoms with E-state index in [2.05, 4.69) is 20.3 Å². The van der Waals surface area contributed by atoms with Crippen LogP contribution in [0.25, 0.3) is 0 Å². The minimum absolute atomic E-state index is 0.00529. The molecule has 3 heterocycles. The number of hydrogen-bond donors (Lipinski definition) is 1. The van der Waals surface area contributed by atoms with Gasteiger partial charge in [-0.3, -0.25) is 10.1 Å². The van der Waals surface area contributed by atoms with Gasteiger partial charge in [-0.25, -0.2) is 19.3 Å². The lowest BCUT2D eigenvalue weighted by Gasteiger charge is -2.26. The summed E-state index contributed by atoms with van der Waals surface area (Å²) < 4.78 is 15.0. The molecule has 6 nitrogen and oxygen atoms in total. The summed E-state index contributed by atoms with van der Waals surface area (Å²) in [5.41, 5.74) is -0.900. The summed E-state index contributed by atoms with van der Waals surface area (Å²) in [6.07, 6.45) is 6.80. The van der Waals surface area contributed by atoms with Gasteiger partial charge >= 0.3 is 0 Å². The predicted molar refractivity (Wildman–Crippen MR) is 90.0 cm³/mol. The molecule has 2 fully saturated rings. The fourth-order valence-corrected chi connectivity index (χ4v) is 3.63. The van der Waals surface area contributed by atoms with E-state index in [1.54, 1.807) is 11.6 Å². The Morgan fingerprint density at radius 2 is 2.25 bits per heavy atom. The van der Waals surface area contributed by atoms with Crippen LogP contribution >= 0.6 is 11.3 Å². The number of halogens is 1. The van der Waals surface area contributed by atoms with Crippen LogP contribution in [0.15, 0.2) is 24.0 Å². The van der Waals surface area contributed by atoms with Crippen LogP contribution in [0.3, 0.4) is 0 Å². The maximum atomic E-state index is 15.0. The van der Waals surface area contributed by atoms with E-state index in [4.69, 9.17) is 0 Å². The molecule has 4 rings (SSSR count). The van der Waals surface area contributed by atoms with Crippen molar-refractivity contribution in [2.45, 2.75) is 37.3 Å². The molecule has 0 aromatic carbocycles. The molecule has 24 heavy (non-hydrogen) atoms. The first kappa shape index (κ1) is 15.4. The van der Waals surface area contributed by atoms with Crippen molar-refractivity contribution in [1.29, 1.82) is 0 Å². The van der Waals surface area contributed by atoms with E-state index in [9.17, 15) is 4.79 Å². The molecule has 1 aliphatic heterocycles. The number of amides is 1. The molecule has 126 valence electrons. The van der Waals surface area contributed by atoms with E-state index in [1.165, 1.54) is 24.1 Å². The van der Waals surface area contributed by atoms with Gasteiger partial charge in [0.2, 0.25) is 5.67 Å². The van der Waals surface area contributed by atoms with E-state index >= 15 is 4.39 Å². The molecular formula is C16H18FN5OS. The lowest BCUT2D eigenvalue weighted by Crippen LogP contribution is -2.41. The summed E-state index contributed by atoms with van der Waals surface area (Å²) >= 11 is 1.28. The molecule has 0 radical (unpaired) electrons. The lowest BCUT2D eigenvalue weighted by molar-refractivity contribution is -0.126. The van der Waals surface area contributed by atoms with Crippen LogP contribution in [0.1, 0.15) is 37.3 Å². The maximum absolute atomic E-state index is 15.0. The van der Waals surface area contributed by atoms with Gasteiger partial charge in [-0.15, -0.1) is 11.3 Å². The Kier molecular flexibility index (Phi) is 3.91. The van der Waals surface area contributed by atoms with Crippen molar-refractivity contribution in [3.63, 3.8) is 0 Å². The van der Waals surface area contributed by atoms with Gasteiger partial charge in [-0.2, -0.15) is 0 Å². The molecule has 1 saturated carbocycles. The van der Waals surface area contributed by atoms with Crippen LogP contribution in [0, 0.1) is 0 Å². The third-order valence-corrected chi connectivity index (χ3v) is 5.49. The Morgan fingerprint density at radius 3 is 2.96 bits per heavy atom. The molecule has 0 bridgehead atoms. The Morgan fingerprint density at radius 1 is 1.38 bits per heavy atom. The summed E-state index contributed by atoms with van der Waals surface area (Å²) in [6, 6.07) is 1.94. The number of nitrogens with one attached hydrogen (secondary N) is 1. The highest BCUT2D eigenvalue weighted by Gasteiger charge is 2.46. The average Bonchev–Trinajstić information content (AvgIpc) is 3.16. The third kappa shape index (κ3) is 2.86. The van der Waals surface area contributed by atoms with Gasteiger partial charge in [0.05, 0.1) is 6.54 Å². The molecule has 8 heteroatoms. The van der Waals surface area contributed by atoms with E-state index in [1.807, 2.05) is 11.0 Å². The molecule has 1 atom stereocenters. The fraction of sp³-hybridized carbons (Fsp3) is 0.500. The molecule has 1 saturated heterocycles. The molecule has 1 aliphatic carbocycles. The van der Waals surface area contributed by atoms with Crippen molar-refractivity contribution in [2.24, 2.45) is 0 Å². The summed E-state index contributed by atoms with van der Waals surface area (Å²) in [5, 5.41) is 4.72. The van der Waals surface area contributed by atoms with Crippen molar-refractivity contribution in [2.75, 3.05) is 23.3 Å². The minimum Gasteiger partial charge on any atom is -0.353 e. The predicted octanol–water partition coefficient (Wildman–Crippen LogP) is 2.76. The largest absolute Gasteiger partial charge is 0.353 e. The summed E-state index contributed by atoms with van der Waals surface area (Å²) in [7, 11) is 0. The van der Waals surface area contributed by atoms with Gasteiger partial charge in [0.15, 0.2) is 5.13 Å². The first-order valence-electron chi connectivity index (χ1n) is 8.11. The van der Waals surface area contributed by atoms with Crippen LogP contribution in [-0.4, -0.2) is 39.6 Å². The van der Waals surface area contributed by atoms with Crippen molar-refractivity contribution in [3.05, 3.63) is 29.7 Å². The van der Waals surface area contributed by atoms with Gasteiger partial charge in [0.1, 0.15) is 12.1 Å². The van der Waals surface area contributed by atoms with Gasteiger partial charge in [0, 0.05) is 42.2 Å². The van der Waals surface area contributed by atoms with E-state index in [-0.39, 0.29) is 13.0 Å². The average molecular weight is 347 g/mol. The first-order chi connectivity index (χ1) is 11.6. The number of carbonyl (C=O) groups excluding carboxylic acids is 1. The van der Waals surface area contributed by atoms with Crippen molar-refractivity contribution < 1.29 is 9.18 Å². The van der Waals surface area contributed by atoms with Crippen LogP contribution in [0.2, 0.25) is 0 Å². The second kappa shape index (κ2) is 6.08. The standard InChI is InChI=1S/C16H18FN5OS/c17-16(14(23)21-15-18-5-7-24-15)4-6-22(9-16)13-8-12(19-10-20-13)11-2-1-3-11/h5,7-8,10-11H,1-4,6,9H2,(H,18,21,23). The highest BCUT2D eigenvalue weighted by atomic mass is 32.1. The van der Waals surface area contributed by atoms with Crippen LogP contribution in [0.5, 0.6) is 0 Å². The zero-order valence-electron chi connectivity index (χ0n) is 13.1. The number of thiazole rings is 1. The van der Waals surface area contributed by atoms with Gasteiger partial charge in [-0.1, -0.05) is 6.42 Å². The molecule has 0 spiro atoms. The zero-order chi connectivity index (χ0) is 16.6. The number of rotatable bonds is 4. The van der Waals surface area contributed by atoms with Crippen LogP contribution in [-0.2, 0) is 4.79 Å². The molecule has 2 aliphatic rings. The molecule has 1 N–H and O–H groups in total. The number of carbonyl (C=O) groups is 1. The molecule has 1 amide bonds. The normalized spacial score (nSPS) is 24.0. The van der Waals surface area contributed by atoms with E-state index in [0.717, 1.165) is 18.5 Å². The van der Waals surface area contributed by atoms with Gasteiger partial charge in [-0.05, 0) is 12.8 Å². The summed E-state index contributed by atoms with van der Waals surface area (Å²) in [5.74, 6) is 0.569. The topological polar surface area (TPSA) is 71.0 Å². The number of alkyl halides is 1. The Bertz CT molecular complexity index is 736. The zero-order valence-corrected chi connectivity index (χ0v) is 13.9. The maximum Gasteiger partial charge on any atom is 0.265 e. The molecular weight excluding hydrogens is 329 g/mol. The number of nitrogens with zero attached hydrogens (tertiary/aromatic N) is 4. The van der Waals surface area contributed by atoms with E-state index < -0.39 is 11.6 Å². The Hall–Kier alpha value is -2.09. The van der Waals surface area contributed by atoms with Crippen LogP contribution in [0.4, 0.5) is 15.3 Å². The SMILES string of the molecule is O=C(Nc1nccs1)C1(F)CCN(c2cc(C3CCC3)ncn2)C1. The highest BCUT2D eigenvalue weighted by molar-refractivity contribution is 7.13. The van der Waals surface area contributed by atoms with Crippen molar-refractivity contribution in [1.82, 2.24) is 15.0 Å². The summed E-state index contributed by atoms with van der Waals surface area (Å²) in [6.45, 7) is 0.467. The minimum atomic E-state index is -1.92. The molecule has 2 aromatic heterocycles. The Balaban J connectivity index is 1.46. The quantitative estimate of drug-likeness (QED) is 0.921. The highest BCUT2D eigenvalue weighted by Crippen LogP contribution is 2.37. The smallest absolute Gasteiger partial charge is 0.265 e. The second-order valence-corrected chi connectivity index (χ2v) is 7.25. The number of hydrogen-bond acceptors (Lipinski definition) is 6. The third-order valence-electron chi connectivity index (χ3n) is 4.80. The monoisotopic (exact) mass is 347 g/mol. The van der Waals surface area contributed by atoms with E-state index in [0.29, 0.717) is 23.4 Å². The number of anilines is 2. The number of aromatic nitrogens is 3. The Labute approximate surface area is 143 Å². The van der Waals surface area contributed by atoms with Crippen LogP contribution < -0.4 is 10.2 Å². The van der Waals surface area contributed by atoms with Gasteiger partial charge < -0.3 is 4.90 Å². The van der Waals surface area contributed by atoms with Crippen molar-refractivity contribution in [3.8, 4) is 0 Å². The van der Waals surface area contributed by atoms with Crippen molar-refractivity contribution >= 4 is 28.2 Å². The second-order valence-electron chi connectivity index (χ2n) is 6.36. The fourth-order valence-electron chi connectivity index (χ4n) is 3.11.